The van der Waals surface area contributed by atoms with Crippen LogP contribution in [0.25, 0.3) is 0 Å². The molecule has 36 heavy (non-hydrogen) atoms. The number of benzene rings is 3. The highest BCUT2D eigenvalue weighted by molar-refractivity contribution is 6.12. The van der Waals surface area contributed by atoms with Gasteiger partial charge in [-0.1, -0.05) is 49.4 Å². The number of nitrogens with zero attached hydrogens (tertiary/aromatic N) is 3. The molecule has 1 fully saturated rings. The Kier molecular flexibility index (Phi) is 7.02. The predicted octanol–water partition coefficient (Wildman–Crippen LogP) is 3.18. The van der Waals surface area contributed by atoms with Crippen molar-refractivity contribution in [1.82, 2.24) is 4.90 Å². The second kappa shape index (κ2) is 10.3. The molecule has 8 nitrogen and oxygen atoms in total. The van der Waals surface area contributed by atoms with E-state index in [2.05, 4.69) is 6.07 Å². The topological polar surface area (TPSA) is 122 Å². The molecule has 0 bridgehead atoms. The van der Waals surface area contributed by atoms with Gasteiger partial charge in [0.05, 0.1) is 23.2 Å². The van der Waals surface area contributed by atoms with E-state index in [9.17, 15) is 29.9 Å². The fourth-order valence-corrected chi connectivity index (χ4v) is 4.53. The van der Waals surface area contributed by atoms with E-state index < -0.39 is 17.4 Å². The van der Waals surface area contributed by atoms with Crippen molar-refractivity contribution in [2.45, 2.75) is 19.8 Å². The number of ketones is 1. The Bertz CT molecular complexity index is 1380. The molecule has 8 heteroatoms. The van der Waals surface area contributed by atoms with Crippen LogP contribution in [0.1, 0.15) is 39.5 Å². The number of rotatable bonds is 6. The molecule has 1 aliphatic heterocycles. The lowest BCUT2D eigenvalue weighted by molar-refractivity contribution is -0.136. The van der Waals surface area contributed by atoms with Crippen LogP contribution in [0.15, 0.2) is 60.7 Å². The zero-order valence-corrected chi connectivity index (χ0v) is 19.8. The molecule has 3 aromatic rings. The Balaban J connectivity index is 1.61. The molecule has 0 aromatic heterocycles. The van der Waals surface area contributed by atoms with Crippen molar-refractivity contribution in [2.75, 3.05) is 24.5 Å². The Hall–Kier alpha value is -4.64. The number of amides is 2. The van der Waals surface area contributed by atoms with Gasteiger partial charge in [0.25, 0.3) is 0 Å². The van der Waals surface area contributed by atoms with Crippen LogP contribution >= 0.6 is 0 Å². The SMILES string of the molecule is CCc1c(O)cc(O)c(C(=O)c2ccccc2)c1CC(=O)N1CCN(c2ccccc2C#N)C(=O)C1. The average molecular weight is 484 g/mol. The molecule has 0 saturated carbocycles. The van der Waals surface area contributed by atoms with Gasteiger partial charge in [-0.15, -0.1) is 0 Å². The van der Waals surface area contributed by atoms with Crippen molar-refractivity contribution in [1.29, 1.82) is 5.26 Å². The molecule has 1 aliphatic rings. The smallest absolute Gasteiger partial charge is 0.246 e. The summed E-state index contributed by atoms with van der Waals surface area (Å²) in [6.07, 6.45) is 0.0720. The third-order valence-corrected chi connectivity index (χ3v) is 6.34. The van der Waals surface area contributed by atoms with Crippen molar-refractivity contribution in [3.63, 3.8) is 0 Å². The molecule has 182 valence electrons. The van der Waals surface area contributed by atoms with Crippen molar-refractivity contribution in [3.8, 4) is 17.6 Å². The molecule has 0 unspecified atom stereocenters. The van der Waals surface area contributed by atoms with Crippen LogP contribution in [0.5, 0.6) is 11.5 Å². The average Bonchev–Trinajstić information content (AvgIpc) is 2.89. The van der Waals surface area contributed by atoms with E-state index in [0.29, 0.717) is 28.8 Å². The zero-order valence-electron chi connectivity index (χ0n) is 19.8. The molecule has 4 rings (SSSR count). The number of aromatic hydroxyl groups is 2. The molecule has 2 N–H and O–H groups in total. The van der Waals surface area contributed by atoms with E-state index in [1.165, 1.54) is 9.80 Å². The first kappa shape index (κ1) is 24.5. The Morgan fingerprint density at radius 1 is 0.972 bits per heavy atom. The number of phenols is 2. The summed E-state index contributed by atoms with van der Waals surface area (Å²) < 4.78 is 0. The van der Waals surface area contributed by atoms with Gasteiger partial charge in [0.1, 0.15) is 24.1 Å². The van der Waals surface area contributed by atoms with Crippen LogP contribution in [0.2, 0.25) is 0 Å². The molecule has 0 spiro atoms. The van der Waals surface area contributed by atoms with Gasteiger partial charge in [-0.05, 0) is 29.7 Å². The maximum atomic E-state index is 13.3. The predicted molar refractivity (Wildman–Crippen MR) is 133 cm³/mol. The minimum Gasteiger partial charge on any atom is -0.508 e. The van der Waals surface area contributed by atoms with Crippen molar-refractivity contribution >= 4 is 23.3 Å². The number of carbonyl (C=O) groups is 3. The van der Waals surface area contributed by atoms with E-state index in [1.807, 2.05) is 0 Å². The summed E-state index contributed by atoms with van der Waals surface area (Å²) in [4.78, 5) is 42.4. The van der Waals surface area contributed by atoms with Gasteiger partial charge in [0.2, 0.25) is 11.8 Å². The number of carbonyl (C=O) groups excluding carboxylic acids is 3. The molecule has 1 heterocycles. The Morgan fingerprint density at radius 2 is 1.67 bits per heavy atom. The van der Waals surface area contributed by atoms with E-state index >= 15 is 0 Å². The highest BCUT2D eigenvalue weighted by atomic mass is 16.3. The molecular weight excluding hydrogens is 458 g/mol. The second-order valence-electron chi connectivity index (χ2n) is 8.46. The molecule has 0 atom stereocenters. The van der Waals surface area contributed by atoms with Gasteiger partial charge < -0.3 is 20.0 Å². The van der Waals surface area contributed by atoms with Crippen LogP contribution in [0, 0.1) is 11.3 Å². The first-order valence-electron chi connectivity index (χ1n) is 11.6. The Labute approximate surface area is 208 Å². The van der Waals surface area contributed by atoms with Crippen molar-refractivity contribution in [3.05, 3.63) is 88.5 Å². The minimum atomic E-state index is -0.459. The van der Waals surface area contributed by atoms with E-state index in [1.54, 1.807) is 61.5 Å². The number of hydrogen-bond donors (Lipinski definition) is 2. The second-order valence-corrected chi connectivity index (χ2v) is 8.46. The van der Waals surface area contributed by atoms with Gasteiger partial charge in [-0.25, -0.2) is 0 Å². The summed E-state index contributed by atoms with van der Waals surface area (Å²) in [5.74, 6) is -1.79. The number of anilines is 1. The zero-order chi connectivity index (χ0) is 25.8. The van der Waals surface area contributed by atoms with E-state index in [4.69, 9.17) is 0 Å². The van der Waals surface area contributed by atoms with Crippen molar-refractivity contribution < 1.29 is 24.6 Å². The van der Waals surface area contributed by atoms with Gasteiger partial charge in [-0.2, -0.15) is 5.26 Å². The lowest BCUT2D eigenvalue weighted by Crippen LogP contribution is -2.53. The van der Waals surface area contributed by atoms with Gasteiger partial charge >= 0.3 is 0 Å². The van der Waals surface area contributed by atoms with E-state index in [0.717, 1.165) is 6.07 Å². The number of phenolic OH excluding ortho intramolecular Hbond substituents is 2. The molecule has 0 aliphatic carbocycles. The fraction of sp³-hybridized carbons (Fsp3) is 0.214. The highest BCUT2D eigenvalue weighted by Gasteiger charge is 2.31. The monoisotopic (exact) mass is 483 g/mol. The molecule has 0 radical (unpaired) electrons. The minimum absolute atomic E-state index is 0.0305. The largest absolute Gasteiger partial charge is 0.508 e. The molecule has 1 saturated heterocycles. The summed E-state index contributed by atoms with van der Waals surface area (Å²) >= 11 is 0. The maximum Gasteiger partial charge on any atom is 0.246 e. The maximum absolute atomic E-state index is 13.3. The van der Waals surface area contributed by atoms with E-state index in [-0.39, 0.29) is 48.8 Å². The normalized spacial score (nSPS) is 13.4. The van der Waals surface area contributed by atoms with Gasteiger partial charge in [0.15, 0.2) is 5.78 Å². The van der Waals surface area contributed by atoms with Crippen LogP contribution < -0.4 is 4.90 Å². The summed E-state index contributed by atoms with van der Waals surface area (Å²) in [6.45, 7) is 2.04. The third kappa shape index (κ3) is 4.64. The number of para-hydroxylation sites is 1. The number of hydrogen-bond acceptors (Lipinski definition) is 6. The quantitative estimate of drug-likeness (QED) is 0.520. The van der Waals surface area contributed by atoms with Crippen LogP contribution in [-0.2, 0) is 22.4 Å². The van der Waals surface area contributed by atoms with Gasteiger partial charge in [0, 0.05) is 24.7 Å². The molecule has 2 amide bonds. The summed E-state index contributed by atoms with van der Waals surface area (Å²) in [5, 5.41) is 30.4. The van der Waals surface area contributed by atoms with Crippen molar-refractivity contribution in [2.24, 2.45) is 0 Å². The molecule has 3 aromatic carbocycles. The molecular formula is C28H25N3O5. The van der Waals surface area contributed by atoms with Crippen LogP contribution in [0.3, 0.4) is 0 Å². The lowest BCUT2D eigenvalue weighted by atomic mass is 9.89. The Morgan fingerprint density at radius 3 is 2.33 bits per heavy atom. The summed E-state index contributed by atoms with van der Waals surface area (Å²) in [6, 6.07) is 18.4. The number of piperazine rings is 1. The fourth-order valence-electron chi connectivity index (χ4n) is 4.53. The first-order valence-corrected chi connectivity index (χ1v) is 11.6. The first-order chi connectivity index (χ1) is 17.3. The van der Waals surface area contributed by atoms with Crippen LogP contribution in [-0.4, -0.2) is 52.3 Å². The van der Waals surface area contributed by atoms with Gasteiger partial charge in [-0.3, -0.25) is 14.4 Å². The van der Waals surface area contributed by atoms with Crippen LogP contribution in [0.4, 0.5) is 5.69 Å². The summed E-state index contributed by atoms with van der Waals surface area (Å²) in [5.41, 5.74) is 1.83. The summed E-state index contributed by atoms with van der Waals surface area (Å²) in [7, 11) is 0. The lowest BCUT2D eigenvalue weighted by Gasteiger charge is -2.35. The highest BCUT2D eigenvalue weighted by Crippen LogP contribution is 2.35. The third-order valence-electron chi connectivity index (χ3n) is 6.34. The number of nitriles is 1. The standard InChI is InChI=1S/C28H25N3O5/c1-2-20-21(27(24(33)15-23(20)32)28(36)18-8-4-3-5-9-18)14-25(34)30-12-13-31(26(35)17-30)22-11-7-6-10-19(22)16-29/h3-11,15,32-33H,2,12-14,17H2,1H3.